The molecule has 0 aliphatic carbocycles. The topological polar surface area (TPSA) is 50.9 Å². The van der Waals surface area contributed by atoms with Gasteiger partial charge in [0.05, 0.1) is 0 Å². The number of rotatable bonds is 4. The molecule has 0 aromatic carbocycles. The van der Waals surface area contributed by atoms with Crippen molar-refractivity contribution in [2.75, 3.05) is 0 Å². The minimum absolute atomic E-state index is 0.0970. The molecule has 1 atom stereocenters. The van der Waals surface area contributed by atoms with Gasteiger partial charge >= 0.3 is 0 Å². The number of hydrogen-bond donors (Lipinski definition) is 2. The van der Waals surface area contributed by atoms with E-state index in [1.54, 1.807) is 6.20 Å². The van der Waals surface area contributed by atoms with Crippen molar-refractivity contribution < 1.29 is 0 Å². The first-order valence-electron chi connectivity index (χ1n) is 4.59. The van der Waals surface area contributed by atoms with Crippen LogP contribution in [0.1, 0.15) is 30.0 Å². The molecular weight excluding hydrogens is 174 g/mol. The van der Waals surface area contributed by atoms with Gasteiger partial charge in [-0.1, -0.05) is 0 Å². The van der Waals surface area contributed by atoms with Gasteiger partial charge in [-0.15, -0.1) is 12.3 Å². The Morgan fingerprint density at radius 2 is 2.50 bits per heavy atom. The second-order valence-corrected chi connectivity index (χ2v) is 3.19. The molecule has 0 amide bonds. The van der Waals surface area contributed by atoms with Gasteiger partial charge in [0.2, 0.25) is 0 Å². The first-order chi connectivity index (χ1) is 6.79. The van der Waals surface area contributed by atoms with Crippen LogP contribution in [0.5, 0.6) is 0 Å². The molecule has 0 saturated heterocycles. The van der Waals surface area contributed by atoms with Gasteiger partial charge in [-0.3, -0.25) is 16.3 Å². The van der Waals surface area contributed by atoms with Crippen molar-refractivity contribution in [3.8, 4) is 12.3 Å². The number of nitrogens with two attached hydrogens (primary N) is 1. The van der Waals surface area contributed by atoms with Gasteiger partial charge in [0, 0.05) is 24.9 Å². The number of terminal acetylenes is 1. The van der Waals surface area contributed by atoms with Crippen LogP contribution in [-0.4, -0.2) is 4.98 Å². The molecule has 0 fully saturated rings. The van der Waals surface area contributed by atoms with Crippen LogP contribution in [-0.2, 0) is 0 Å². The van der Waals surface area contributed by atoms with E-state index in [2.05, 4.69) is 16.3 Å². The smallest absolute Gasteiger partial charge is 0.0486 e. The molecule has 1 heterocycles. The van der Waals surface area contributed by atoms with E-state index < -0.39 is 0 Å². The maximum atomic E-state index is 5.47. The second-order valence-electron chi connectivity index (χ2n) is 3.19. The minimum atomic E-state index is 0.0970. The van der Waals surface area contributed by atoms with Crippen LogP contribution in [0.3, 0.4) is 0 Å². The maximum absolute atomic E-state index is 5.47. The first-order valence-corrected chi connectivity index (χ1v) is 4.59. The summed E-state index contributed by atoms with van der Waals surface area (Å²) in [6.07, 6.45) is 10.4. The van der Waals surface area contributed by atoms with Crippen LogP contribution in [0.25, 0.3) is 0 Å². The number of aryl methyl sites for hydroxylation is 1. The van der Waals surface area contributed by atoms with Gasteiger partial charge in [-0.05, 0) is 30.5 Å². The van der Waals surface area contributed by atoms with Crippen molar-refractivity contribution in [2.24, 2.45) is 5.84 Å². The summed E-state index contributed by atoms with van der Waals surface area (Å²) in [5.74, 6) is 8.07. The Morgan fingerprint density at radius 1 is 1.71 bits per heavy atom. The molecule has 0 spiro atoms. The SMILES string of the molecule is C#CCCC(NN)c1cnccc1C. The fourth-order valence-corrected chi connectivity index (χ4v) is 1.40. The lowest BCUT2D eigenvalue weighted by atomic mass is 10.0. The molecule has 3 heteroatoms. The summed E-state index contributed by atoms with van der Waals surface area (Å²) in [6, 6.07) is 2.06. The molecule has 3 nitrogen and oxygen atoms in total. The monoisotopic (exact) mass is 189 g/mol. The van der Waals surface area contributed by atoms with E-state index in [0.29, 0.717) is 6.42 Å². The molecule has 0 saturated carbocycles. The molecule has 3 N–H and O–H groups in total. The van der Waals surface area contributed by atoms with E-state index in [4.69, 9.17) is 12.3 Å². The lowest BCUT2D eigenvalue weighted by Gasteiger charge is -2.16. The normalized spacial score (nSPS) is 12.1. The van der Waals surface area contributed by atoms with Gasteiger partial charge in [-0.25, -0.2) is 0 Å². The number of hydrazine groups is 1. The Hall–Kier alpha value is -1.37. The highest BCUT2D eigenvalue weighted by atomic mass is 15.2. The fraction of sp³-hybridized carbons (Fsp3) is 0.364. The zero-order valence-corrected chi connectivity index (χ0v) is 8.33. The number of nitrogens with one attached hydrogen (secondary N) is 1. The lowest BCUT2D eigenvalue weighted by Crippen LogP contribution is -2.28. The zero-order valence-electron chi connectivity index (χ0n) is 8.33. The Morgan fingerprint density at radius 3 is 3.07 bits per heavy atom. The van der Waals surface area contributed by atoms with E-state index in [-0.39, 0.29) is 6.04 Å². The summed E-state index contributed by atoms with van der Waals surface area (Å²) in [6.45, 7) is 2.04. The summed E-state index contributed by atoms with van der Waals surface area (Å²) in [5, 5.41) is 0. The molecule has 1 aromatic heterocycles. The lowest BCUT2D eigenvalue weighted by molar-refractivity contribution is 0.520. The molecule has 0 aliphatic heterocycles. The molecule has 74 valence electrons. The predicted molar refractivity (Wildman–Crippen MR) is 57.1 cm³/mol. The average Bonchev–Trinajstić information content (AvgIpc) is 2.21. The van der Waals surface area contributed by atoms with E-state index in [9.17, 15) is 0 Å². The standard InChI is InChI=1S/C11H15N3/c1-3-4-5-11(14-12)10-8-13-7-6-9(10)2/h1,6-8,11,14H,4-5,12H2,2H3. The Balaban J connectivity index is 2.79. The van der Waals surface area contributed by atoms with Crippen LogP contribution in [0, 0.1) is 19.3 Å². The molecular formula is C11H15N3. The summed E-state index contributed by atoms with van der Waals surface area (Å²) in [4.78, 5) is 4.08. The minimum Gasteiger partial charge on any atom is -0.271 e. The van der Waals surface area contributed by atoms with Crippen LogP contribution in [0.4, 0.5) is 0 Å². The molecule has 14 heavy (non-hydrogen) atoms. The fourth-order valence-electron chi connectivity index (χ4n) is 1.40. The third-order valence-electron chi connectivity index (χ3n) is 2.23. The molecule has 0 bridgehead atoms. The quantitative estimate of drug-likeness (QED) is 0.426. The number of nitrogens with zero attached hydrogens (tertiary/aromatic N) is 1. The predicted octanol–water partition coefficient (Wildman–Crippen LogP) is 1.31. The Bertz CT molecular complexity index is 328. The largest absolute Gasteiger partial charge is 0.271 e. The Kier molecular flexibility index (Phi) is 4.11. The van der Waals surface area contributed by atoms with Crippen molar-refractivity contribution in [1.29, 1.82) is 0 Å². The second kappa shape index (κ2) is 5.38. The highest BCUT2D eigenvalue weighted by molar-refractivity contribution is 5.25. The van der Waals surface area contributed by atoms with Crippen LogP contribution >= 0.6 is 0 Å². The van der Waals surface area contributed by atoms with Gasteiger partial charge in [0.25, 0.3) is 0 Å². The van der Waals surface area contributed by atoms with E-state index in [0.717, 1.165) is 12.0 Å². The molecule has 1 rings (SSSR count). The highest BCUT2D eigenvalue weighted by Crippen LogP contribution is 2.19. The molecule has 1 aromatic rings. The third-order valence-corrected chi connectivity index (χ3v) is 2.23. The van der Waals surface area contributed by atoms with Crippen molar-refractivity contribution in [3.05, 3.63) is 29.6 Å². The van der Waals surface area contributed by atoms with Gasteiger partial charge in [0.15, 0.2) is 0 Å². The van der Waals surface area contributed by atoms with Crippen molar-refractivity contribution in [3.63, 3.8) is 0 Å². The summed E-state index contributed by atoms with van der Waals surface area (Å²) in [5.41, 5.74) is 5.05. The summed E-state index contributed by atoms with van der Waals surface area (Å²) >= 11 is 0. The summed E-state index contributed by atoms with van der Waals surface area (Å²) in [7, 11) is 0. The first kappa shape index (κ1) is 10.7. The molecule has 1 unspecified atom stereocenters. The van der Waals surface area contributed by atoms with Gasteiger partial charge in [0.1, 0.15) is 0 Å². The van der Waals surface area contributed by atoms with Crippen molar-refractivity contribution in [1.82, 2.24) is 10.4 Å². The van der Waals surface area contributed by atoms with E-state index >= 15 is 0 Å². The van der Waals surface area contributed by atoms with Crippen LogP contribution < -0.4 is 11.3 Å². The summed E-state index contributed by atoms with van der Waals surface area (Å²) < 4.78 is 0. The third kappa shape index (κ3) is 2.56. The van der Waals surface area contributed by atoms with Crippen molar-refractivity contribution >= 4 is 0 Å². The van der Waals surface area contributed by atoms with E-state index in [1.165, 1.54) is 5.56 Å². The average molecular weight is 189 g/mol. The highest BCUT2D eigenvalue weighted by Gasteiger charge is 2.10. The van der Waals surface area contributed by atoms with E-state index in [1.807, 2.05) is 19.2 Å². The van der Waals surface area contributed by atoms with Crippen LogP contribution in [0.15, 0.2) is 18.5 Å². The maximum Gasteiger partial charge on any atom is 0.0486 e. The Labute approximate surface area is 84.7 Å². The number of pyridine rings is 1. The molecule has 0 aliphatic rings. The van der Waals surface area contributed by atoms with Gasteiger partial charge in [-0.2, -0.15) is 0 Å². The molecule has 0 radical (unpaired) electrons. The van der Waals surface area contributed by atoms with Crippen LogP contribution in [0.2, 0.25) is 0 Å². The number of aromatic nitrogens is 1. The zero-order chi connectivity index (χ0) is 10.4. The number of hydrogen-bond acceptors (Lipinski definition) is 3. The van der Waals surface area contributed by atoms with Crippen molar-refractivity contribution in [2.45, 2.75) is 25.8 Å². The van der Waals surface area contributed by atoms with Gasteiger partial charge < -0.3 is 0 Å².